The van der Waals surface area contributed by atoms with E-state index in [-0.39, 0.29) is 17.2 Å². The van der Waals surface area contributed by atoms with Crippen LogP contribution in [-0.4, -0.2) is 28.8 Å². The van der Waals surface area contributed by atoms with Crippen molar-refractivity contribution in [2.75, 3.05) is 11.9 Å². The van der Waals surface area contributed by atoms with Crippen LogP contribution in [-0.2, 0) is 6.61 Å². The third-order valence-electron chi connectivity index (χ3n) is 3.65. The van der Waals surface area contributed by atoms with Crippen LogP contribution in [0.2, 0.25) is 0 Å². The van der Waals surface area contributed by atoms with Crippen LogP contribution in [0.3, 0.4) is 0 Å². The molecular formula is C16H26N2O4S. The lowest BCUT2D eigenvalue weighted by Gasteiger charge is -2.07. The standard InChI is InChI=1S/C16H26N2O4S/c1-3-4-5-6-7-8-9-17-16(22)18-14-13(15(20)21)11(2)12(10-19)23-14/h19H,3-10H2,1-2H3,(H,20,21)(H2,17,18,22). The van der Waals surface area contributed by atoms with Gasteiger partial charge >= 0.3 is 12.0 Å². The zero-order valence-electron chi connectivity index (χ0n) is 13.8. The Morgan fingerprint density at radius 3 is 2.39 bits per heavy atom. The van der Waals surface area contributed by atoms with E-state index >= 15 is 0 Å². The van der Waals surface area contributed by atoms with Gasteiger partial charge in [0.1, 0.15) is 5.00 Å². The smallest absolute Gasteiger partial charge is 0.338 e. The van der Waals surface area contributed by atoms with E-state index in [2.05, 4.69) is 17.6 Å². The summed E-state index contributed by atoms with van der Waals surface area (Å²) < 4.78 is 0. The Hall–Kier alpha value is -1.60. The molecule has 0 spiro atoms. The lowest BCUT2D eigenvalue weighted by atomic mass is 10.1. The molecule has 0 aliphatic carbocycles. The average molecular weight is 342 g/mol. The van der Waals surface area contributed by atoms with Crippen LogP contribution >= 0.6 is 11.3 Å². The van der Waals surface area contributed by atoms with Gasteiger partial charge in [-0.25, -0.2) is 9.59 Å². The van der Waals surface area contributed by atoms with Crippen molar-refractivity contribution in [3.63, 3.8) is 0 Å². The molecule has 130 valence electrons. The number of unbranched alkanes of at least 4 members (excludes halogenated alkanes) is 5. The molecule has 6 nitrogen and oxygen atoms in total. The van der Waals surface area contributed by atoms with Gasteiger partial charge in [0.2, 0.25) is 0 Å². The van der Waals surface area contributed by atoms with Crippen molar-refractivity contribution in [3.8, 4) is 0 Å². The molecule has 1 aromatic rings. The zero-order valence-corrected chi connectivity index (χ0v) is 14.6. The summed E-state index contributed by atoms with van der Waals surface area (Å²) in [4.78, 5) is 23.7. The highest BCUT2D eigenvalue weighted by molar-refractivity contribution is 7.16. The number of urea groups is 1. The predicted molar refractivity (Wildman–Crippen MR) is 92.3 cm³/mol. The number of nitrogens with one attached hydrogen (secondary N) is 2. The molecule has 1 aromatic heterocycles. The first kappa shape index (κ1) is 19.4. The first-order valence-electron chi connectivity index (χ1n) is 8.02. The van der Waals surface area contributed by atoms with Crippen molar-refractivity contribution in [2.24, 2.45) is 0 Å². The predicted octanol–water partition coefficient (Wildman–Crippen LogP) is 3.73. The normalized spacial score (nSPS) is 10.6. The summed E-state index contributed by atoms with van der Waals surface area (Å²) in [6, 6.07) is -0.410. The van der Waals surface area contributed by atoms with Crippen molar-refractivity contribution < 1.29 is 19.8 Å². The summed E-state index contributed by atoms with van der Waals surface area (Å²) >= 11 is 1.09. The molecule has 2 amide bonds. The molecule has 23 heavy (non-hydrogen) atoms. The Morgan fingerprint density at radius 2 is 1.78 bits per heavy atom. The number of carboxylic acids is 1. The van der Waals surface area contributed by atoms with Gasteiger partial charge in [-0.1, -0.05) is 39.0 Å². The maximum Gasteiger partial charge on any atom is 0.338 e. The third kappa shape index (κ3) is 6.19. The number of hydrogen-bond donors (Lipinski definition) is 4. The molecule has 0 saturated carbocycles. The van der Waals surface area contributed by atoms with Gasteiger partial charge in [0.25, 0.3) is 0 Å². The van der Waals surface area contributed by atoms with Crippen LogP contribution in [0.15, 0.2) is 0 Å². The number of amides is 2. The molecule has 0 bridgehead atoms. The highest BCUT2D eigenvalue weighted by Gasteiger charge is 2.21. The minimum atomic E-state index is -1.11. The van der Waals surface area contributed by atoms with Gasteiger partial charge in [-0.3, -0.25) is 5.32 Å². The fourth-order valence-corrected chi connectivity index (χ4v) is 3.36. The second kappa shape index (κ2) is 10.2. The Bertz CT molecular complexity index is 528. The summed E-state index contributed by atoms with van der Waals surface area (Å²) in [5, 5.41) is 24.0. The van der Waals surface area contributed by atoms with Crippen molar-refractivity contribution in [1.82, 2.24) is 5.32 Å². The van der Waals surface area contributed by atoms with E-state index in [4.69, 9.17) is 0 Å². The SMILES string of the molecule is CCCCCCCCNC(=O)Nc1sc(CO)c(C)c1C(=O)O. The number of rotatable bonds is 10. The molecular weight excluding hydrogens is 316 g/mol. The van der Waals surface area contributed by atoms with Crippen LogP contribution < -0.4 is 10.6 Å². The lowest BCUT2D eigenvalue weighted by Crippen LogP contribution is -2.29. The highest BCUT2D eigenvalue weighted by atomic mass is 32.1. The lowest BCUT2D eigenvalue weighted by molar-refractivity contribution is 0.0697. The first-order chi connectivity index (χ1) is 11.0. The molecule has 0 unspecified atom stereocenters. The number of carbonyl (C=O) groups is 2. The molecule has 0 atom stereocenters. The number of hydrogen-bond acceptors (Lipinski definition) is 4. The molecule has 7 heteroatoms. The van der Waals surface area contributed by atoms with Crippen molar-refractivity contribution >= 4 is 28.3 Å². The van der Waals surface area contributed by atoms with Gasteiger partial charge in [-0.2, -0.15) is 0 Å². The van der Waals surface area contributed by atoms with Gasteiger partial charge < -0.3 is 15.5 Å². The van der Waals surface area contributed by atoms with Gasteiger partial charge in [0.15, 0.2) is 0 Å². The molecule has 4 N–H and O–H groups in total. The molecule has 0 aliphatic rings. The van der Waals surface area contributed by atoms with E-state index in [1.807, 2.05) is 0 Å². The van der Waals surface area contributed by atoms with E-state index in [9.17, 15) is 19.8 Å². The number of carbonyl (C=O) groups excluding carboxylic acids is 1. The zero-order chi connectivity index (χ0) is 17.2. The topological polar surface area (TPSA) is 98.7 Å². The Labute approximate surface area is 140 Å². The minimum Gasteiger partial charge on any atom is -0.478 e. The summed E-state index contributed by atoms with van der Waals surface area (Å²) in [6.45, 7) is 4.13. The second-order valence-corrected chi connectivity index (χ2v) is 6.57. The van der Waals surface area contributed by atoms with Gasteiger partial charge in [0, 0.05) is 11.4 Å². The number of anilines is 1. The number of aliphatic hydroxyl groups is 1. The molecule has 0 aliphatic heterocycles. The molecule has 0 saturated heterocycles. The number of aromatic carboxylic acids is 1. The summed E-state index contributed by atoms with van der Waals surface area (Å²) in [5.74, 6) is -1.11. The quantitative estimate of drug-likeness (QED) is 0.487. The Kier molecular flexibility index (Phi) is 8.65. The van der Waals surface area contributed by atoms with E-state index in [0.29, 0.717) is 17.0 Å². The number of carboxylic acid groups (broad SMARTS) is 1. The molecule has 0 aromatic carbocycles. The highest BCUT2D eigenvalue weighted by Crippen LogP contribution is 2.33. The molecule has 0 fully saturated rings. The second-order valence-electron chi connectivity index (χ2n) is 5.47. The maximum atomic E-state index is 11.9. The van der Waals surface area contributed by atoms with Crippen molar-refractivity contribution in [3.05, 3.63) is 16.0 Å². The molecule has 1 rings (SSSR count). The number of aliphatic hydroxyl groups excluding tert-OH is 1. The summed E-state index contributed by atoms with van der Waals surface area (Å²) in [6.07, 6.45) is 6.84. The van der Waals surface area contributed by atoms with Crippen LogP contribution in [0, 0.1) is 6.92 Å². The Balaban J connectivity index is 2.44. The largest absolute Gasteiger partial charge is 0.478 e. The van der Waals surface area contributed by atoms with E-state index in [1.165, 1.54) is 25.7 Å². The fourth-order valence-electron chi connectivity index (χ4n) is 2.31. The maximum absolute atomic E-state index is 11.9. The van der Waals surface area contributed by atoms with E-state index in [1.54, 1.807) is 6.92 Å². The molecule has 1 heterocycles. The van der Waals surface area contributed by atoms with Crippen LogP contribution in [0.1, 0.15) is 66.2 Å². The molecule has 0 radical (unpaired) electrons. The van der Waals surface area contributed by atoms with Crippen LogP contribution in [0.4, 0.5) is 9.80 Å². The first-order valence-corrected chi connectivity index (χ1v) is 8.84. The minimum absolute atomic E-state index is 0.0498. The van der Waals surface area contributed by atoms with Gasteiger partial charge in [-0.15, -0.1) is 11.3 Å². The van der Waals surface area contributed by atoms with Crippen LogP contribution in [0.25, 0.3) is 0 Å². The van der Waals surface area contributed by atoms with Gasteiger partial charge in [0.05, 0.1) is 12.2 Å². The summed E-state index contributed by atoms with van der Waals surface area (Å²) in [5.41, 5.74) is 0.546. The third-order valence-corrected chi connectivity index (χ3v) is 4.84. The Morgan fingerprint density at radius 1 is 1.13 bits per heavy atom. The average Bonchev–Trinajstić information content (AvgIpc) is 2.82. The van der Waals surface area contributed by atoms with E-state index in [0.717, 1.165) is 24.2 Å². The fraction of sp³-hybridized carbons (Fsp3) is 0.625. The summed E-state index contributed by atoms with van der Waals surface area (Å²) in [7, 11) is 0. The van der Waals surface area contributed by atoms with Gasteiger partial charge in [-0.05, 0) is 18.9 Å². The van der Waals surface area contributed by atoms with Crippen molar-refractivity contribution in [2.45, 2.75) is 59.0 Å². The number of thiophene rings is 1. The van der Waals surface area contributed by atoms with Crippen LogP contribution in [0.5, 0.6) is 0 Å². The monoisotopic (exact) mass is 342 g/mol. The van der Waals surface area contributed by atoms with E-state index < -0.39 is 12.0 Å². The van der Waals surface area contributed by atoms with Crippen molar-refractivity contribution in [1.29, 1.82) is 0 Å².